The van der Waals surface area contributed by atoms with E-state index in [4.69, 9.17) is 5.73 Å². The van der Waals surface area contributed by atoms with E-state index in [-0.39, 0.29) is 11.3 Å². The number of halogens is 1. The Hall–Kier alpha value is -0.870. The Kier molecular flexibility index (Phi) is 5.16. The molecule has 0 aliphatic carbocycles. The fourth-order valence-electron chi connectivity index (χ4n) is 1.90. The zero-order valence-electron chi connectivity index (χ0n) is 12.1. The summed E-state index contributed by atoms with van der Waals surface area (Å²) >= 11 is 3.56. The van der Waals surface area contributed by atoms with Gasteiger partial charge in [0.2, 0.25) is 5.91 Å². The van der Waals surface area contributed by atoms with Crippen molar-refractivity contribution in [3.05, 3.63) is 34.3 Å². The summed E-state index contributed by atoms with van der Waals surface area (Å²) in [7, 11) is 0. The van der Waals surface area contributed by atoms with Crippen LogP contribution in [0.25, 0.3) is 0 Å². The van der Waals surface area contributed by atoms with Crippen LogP contribution in [0, 0.1) is 0 Å². The van der Waals surface area contributed by atoms with Crippen LogP contribution in [0.1, 0.15) is 39.7 Å². The number of amides is 1. The van der Waals surface area contributed by atoms with Crippen LogP contribution in [-0.4, -0.2) is 18.0 Å². The van der Waals surface area contributed by atoms with Crippen molar-refractivity contribution < 1.29 is 4.79 Å². The van der Waals surface area contributed by atoms with Gasteiger partial charge in [0.05, 0.1) is 0 Å². The minimum atomic E-state index is -0.471. The van der Waals surface area contributed by atoms with E-state index < -0.39 is 5.54 Å². The molecule has 0 unspecified atom stereocenters. The van der Waals surface area contributed by atoms with Crippen LogP contribution in [0.3, 0.4) is 0 Å². The van der Waals surface area contributed by atoms with Crippen molar-refractivity contribution >= 4 is 21.8 Å². The predicted octanol–water partition coefficient (Wildman–Crippen LogP) is 2.97. The van der Waals surface area contributed by atoms with Gasteiger partial charge in [0.25, 0.3) is 0 Å². The normalized spacial score (nSPS) is 12.3. The maximum atomic E-state index is 11.8. The van der Waals surface area contributed by atoms with Crippen LogP contribution in [0.2, 0.25) is 0 Å². The van der Waals surface area contributed by atoms with Gasteiger partial charge in [0.1, 0.15) is 0 Å². The molecule has 0 radical (unpaired) electrons. The molecule has 0 fully saturated rings. The van der Waals surface area contributed by atoms with Gasteiger partial charge >= 0.3 is 0 Å². The number of benzene rings is 1. The average Bonchev–Trinajstić information content (AvgIpc) is 2.24. The molecule has 0 saturated carbocycles. The molecule has 1 rings (SSSR count). The van der Waals surface area contributed by atoms with E-state index in [1.165, 1.54) is 5.56 Å². The fraction of sp³-hybridized carbons (Fsp3) is 0.533. The molecular weight excluding hydrogens is 304 g/mol. The maximum absolute atomic E-state index is 11.8. The van der Waals surface area contributed by atoms with Crippen LogP contribution in [0.15, 0.2) is 28.7 Å². The quantitative estimate of drug-likeness (QED) is 0.873. The molecular formula is C15H23BrN2O. The summed E-state index contributed by atoms with van der Waals surface area (Å²) in [5.41, 5.74) is 6.42. The molecule has 1 amide bonds. The highest BCUT2D eigenvalue weighted by Crippen LogP contribution is 2.29. The summed E-state index contributed by atoms with van der Waals surface area (Å²) in [6.45, 7) is 8.52. The molecule has 106 valence electrons. The Bertz CT molecular complexity index is 450. The van der Waals surface area contributed by atoms with Gasteiger partial charge in [-0.25, -0.2) is 0 Å². The number of rotatable bonds is 5. The fourth-order valence-corrected chi connectivity index (χ4v) is 2.72. The van der Waals surface area contributed by atoms with Crippen molar-refractivity contribution in [2.24, 2.45) is 5.73 Å². The van der Waals surface area contributed by atoms with Crippen molar-refractivity contribution in [2.75, 3.05) is 6.54 Å². The van der Waals surface area contributed by atoms with Crippen LogP contribution in [0.4, 0.5) is 0 Å². The van der Waals surface area contributed by atoms with Crippen LogP contribution in [-0.2, 0) is 10.2 Å². The number of hydrogen-bond acceptors (Lipinski definition) is 2. The molecule has 3 nitrogen and oxygen atoms in total. The lowest BCUT2D eigenvalue weighted by molar-refractivity contribution is -0.122. The lowest BCUT2D eigenvalue weighted by Gasteiger charge is -2.27. The zero-order chi connectivity index (χ0) is 14.7. The van der Waals surface area contributed by atoms with Gasteiger partial charge in [-0.2, -0.15) is 0 Å². The molecule has 0 spiro atoms. The third-order valence-corrected chi connectivity index (χ3v) is 3.64. The Labute approximate surface area is 124 Å². The maximum Gasteiger partial charge on any atom is 0.221 e. The van der Waals surface area contributed by atoms with Gasteiger partial charge < -0.3 is 11.1 Å². The largest absolute Gasteiger partial charge is 0.355 e. The van der Waals surface area contributed by atoms with E-state index in [1.807, 2.05) is 32.0 Å². The van der Waals surface area contributed by atoms with Gasteiger partial charge in [0, 0.05) is 28.4 Å². The SMILES string of the molecule is CC(C)(N)CC(=O)NCC(C)(C)c1ccccc1Br. The Morgan fingerprint density at radius 3 is 2.37 bits per heavy atom. The van der Waals surface area contributed by atoms with E-state index in [1.54, 1.807) is 0 Å². The number of hydrogen-bond donors (Lipinski definition) is 2. The topological polar surface area (TPSA) is 55.1 Å². The number of carbonyl (C=O) groups excluding carboxylic acids is 1. The monoisotopic (exact) mass is 326 g/mol. The summed E-state index contributed by atoms with van der Waals surface area (Å²) < 4.78 is 1.06. The molecule has 1 aromatic rings. The van der Waals surface area contributed by atoms with E-state index in [0.717, 1.165) is 4.47 Å². The van der Waals surface area contributed by atoms with E-state index >= 15 is 0 Å². The second kappa shape index (κ2) is 6.06. The number of nitrogens with two attached hydrogens (primary N) is 1. The molecule has 0 aliphatic rings. The van der Waals surface area contributed by atoms with Crippen LogP contribution < -0.4 is 11.1 Å². The molecule has 0 aliphatic heterocycles. The summed E-state index contributed by atoms with van der Waals surface area (Å²) in [5.74, 6) is -0.00683. The molecule has 0 aromatic heterocycles. The van der Waals surface area contributed by atoms with Crippen molar-refractivity contribution in [3.8, 4) is 0 Å². The van der Waals surface area contributed by atoms with E-state index in [0.29, 0.717) is 13.0 Å². The summed E-state index contributed by atoms with van der Waals surface area (Å²) in [5, 5.41) is 2.97. The standard InChI is InChI=1S/C15H23BrN2O/c1-14(2,11-7-5-6-8-12(11)16)10-18-13(19)9-15(3,4)17/h5-8H,9-10,17H2,1-4H3,(H,18,19). The van der Waals surface area contributed by atoms with Gasteiger partial charge in [-0.1, -0.05) is 48.0 Å². The third kappa shape index (κ3) is 5.33. The highest BCUT2D eigenvalue weighted by Gasteiger charge is 2.24. The first-order valence-corrected chi connectivity index (χ1v) is 7.22. The van der Waals surface area contributed by atoms with Crippen molar-refractivity contribution in [1.82, 2.24) is 5.32 Å². The Morgan fingerprint density at radius 1 is 1.26 bits per heavy atom. The molecule has 0 saturated heterocycles. The summed E-state index contributed by atoms with van der Waals surface area (Å²) in [6.07, 6.45) is 0.332. The highest BCUT2D eigenvalue weighted by atomic mass is 79.9. The minimum Gasteiger partial charge on any atom is -0.355 e. The first kappa shape index (κ1) is 16.2. The number of carbonyl (C=O) groups is 1. The van der Waals surface area contributed by atoms with Crippen LogP contribution in [0.5, 0.6) is 0 Å². The van der Waals surface area contributed by atoms with Crippen molar-refractivity contribution in [3.63, 3.8) is 0 Å². The first-order valence-electron chi connectivity index (χ1n) is 6.42. The van der Waals surface area contributed by atoms with Gasteiger partial charge in [-0.3, -0.25) is 4.79 Å². The summed E-state index contributed by atoms with van der Waals surface area (Å²) in [6, 6.07) is 8.08. The first-order chi connectivity index (χ1) is 8.62. The molecule has 3 N–H and O–H groups in total. The zero-order valence-corrected chi connectivity index (χ0v) is 13.7. The molecule has 4 heteroatoms. The lowest BCUT2D eigenvalue weighted by Crippen LogP contribution is -2.42. The predicted molar refractivity (Wildman–Crippen MR) is 83.1 cm³/mol. The molecule has 0 heterocycles. The minimum absolute atomic E-state index is 0.00683. The molecule has 0 atom stereocenters. The van der Waals surface area contributed by atoms with Crippen molar-refractivity contribution in [2.45, 2.75) is 45.1 Å². The third-order valence-electron chi connectivity index (χ3n) is 2.95. The molecule has 1 aromatic carbocycles. The highest BCUT2D eigenvalue weighted by molar-refractivity contribution is 9.10. The van der Waals surface area contributed by atoms with Gasteiger partial charge in [-0.15, -0.1) is 0 Å². The lowest BCUT2D eigenvalue weighted by atomic mass is 9.84. The smallest absolute Gasteiger partial charge is 0.221 e. The molecule has 19 heavy (non-hydrogen) atoms. The second-order valence-corrected chi connectivity index (χ2v) is 7.16. The summed E-state index contributed by atoms with van der Waals surface area (Å²) in [4.78, 5) is 11.8. The Morgan fingerprint density at radius 2 is 1.84 bits per heavy atom. The molecule has 0 bridgehead atoms. The van der Waals surface area contributed by atoms with Gasteiger partial charge in [0.15, 0.2) is 0 Å². The Balaban J connectivity index is 2.66. The van der Waals surface area contributed by atoms with E-state index in [2.05, 4.69) is 41.2 Å². The van der Waals surface area contributed by atoms with Gasteiger partial charge in [-0.05, 0) is 25.5 Å². The number of nitrogens with one attached hydrogen (secondary N) is 1. The second-order valence-electron chi connectivity index (χ2n) is 6.31. The average molecular weight is 327 g/mol. The van der Waals surface area contributed by atoms with E-state index in [9.17, 15) is 4.79 Å². The van der Waals surface area contributed by atoms with Crippen molar-refractivity contribution in [1.29, 1.82) is 0 Å². The van der Waals surface area contributed by atoms with Crippen LogP contribution >= 0.6 is 15.9 Å².